The molecule has 3 aliphatic heterocycles. The number of nitrogens with two attached hydrogens (primary N) is 1. The van der Waals surface area contributed by atoms with Gasteiger partial charge in [-0.25, -0.2) is 0 Å². The minimum atomic E-state index is 0.312. The summed E-state index contributed by atoms with van der Waals surface area (Å²) >= 11 is 0. The summed E-state index contributed by atoms with van der Waals surface area (Å²) in [6.45, 7) is 2.29. The molecule has 3 fully saturated rings. The fourth-order valence-corrected chi connectivity index (χ4v) is 2.63. The number of hydrogen-bond donors (Lipinski definition) is 1. The van der Waals surface area contributed by atoms with E-state index in [0.29, 0.717) is 24.3 Å². The van der Waals surface area contributed by atoms with Crippen molar-refractivity contribution in [2.45, 2.75) is 30.7 Å². The molecule has 0 aromatic rings. The van der Waals surface area contributed by atoms with Gasteiger partial charge in [0.05, 0.1) is 24.3 Å². The molecule has 10 heavy (non-hydrogen) atoms. The average molecular weight is 140 g/mol. The summed E-state index contributed by atoms with van der Waals surface area (Å²) in [5, 5.41) is 0. The van der Waals surface area contributed by atoms with Gasteiger partial charge >= 0.3 is 0 Å². The molecule has 0 saturated carbocycles. The van der Waals surface area contributed by atoms with Gasteiger partial charge in [0.2, 0.25) is 0 Å². The zero-order valence-electron chi connectivity index (χ0n) is 5.86. The van der Waals surface area contributed by atoms with Crippen molar-refractivity contribution in [1.29, 1.82) is 0 Å². The summed E-state index contributed by atoms with van der Waals surface area (Å²) in [7, 11) is 0. The molecule has 56 valence electrons. The van der Waals surface area contributed by atoms with E-state index in [1.807, 2.05) is 0 Å². The van der Waals surface area contributed by atoms with Crippen molar-refractivity contribution in [3.05, 3.63) is 0 Å². The molecular weight excluding hydrogens is 128 g/mol. The third-order valence-corrected chi connectivity index (χ3v) is 3.09. The number of ether oxygens (including phenoxy) is 1. The SMILES string of the molecule is N[C@@H]1[C@H]2C3CCN2C[C@H]1O3. The first kappa shape index (κ1) is 5.52. The smallest absolute Gasteiger partial charge is 0.0873 e. The van der Waals surface area contributed by atoms with Crippen LogP contribution in [0.1, 0.15) is 6.42 Å². The molecule has 3 rings (SSSR count). The third kappa shape index (κ3) is 0.447. The van der Waals surface area contributed by atoms with Crippen LogP contribution in [0, 0.1) is 0 Å². The van der Waals surface area contributed by atoms with Crippen LogP contribution in [-0.4, -0.2) is 42.3 Å². The van der Waals surface area contributed by atoms with E-state index in [2.05, 4.69) is 4.90 Å². The Morgan fingerprint density at radius 3 is 2.90 bits per heavy atom. The summed E-state index contributed by atoms with van der Waals surface area (Å²) in [6.07, 6.45) is 2.04. The molecule has 2 bridgehead atoms. The molecule has 0 aliphatic carbocycles. The number of hydrogen-bond acceptors (Lipinski definition) is 3. The number of nitrogens with zero attached hydrogens (tertiary/aromatic N) is 1. The summed E-state index contributed by atoms with van der Waals surface area (Å²) in [5.74, 6) is 0. The van der Waals surface area contributed by atoms with Gasteiger partial charge in [-0.15, -0.1) is 0 Å². The molecule has 3 heteroatoms. The van der Waals surface area contributed by atoms with Crippen molar-refractivity contribution in [2.75, 3.05) is 13.1 Å². The average Bonchev–Trinajstić information content (AvgIpc) is 2.44. The Labute approximate surface area is 60.1 Å². The Morgan fingerprint density at radius 2 is 2.30 bits per heavy atom. The Kier molecular flexibility index (Phi) is 0.854. The highest BCUT2D eigenvalue weighted by molar-refractivity contribution is 5.10. The lowest BCUT2D eigenvalue weighted by Crippen LogP contribution is -2.38. The lowest BCUT2D eigenvalue weighted by atomic mass is 10.1. The second kappa shape index (κ2) is 1.55. The molecule has 4 atom stereocenters. The van der Waals surface area contributed by atoms with E-state index in [4.69, 9.17) is 10.5 Å². The molecule has 0 aromatic carbocycles. The summed E-state index contributed by atoms with van der Waals surface area (Å²) < 4.78 is 5.70. The van der Waals surface area contributed by atoms with Crippen LogP contribution in [0.2, 0.25) is 0 Å². The highest BCUT2D eigenvalue weighted by Gasteiger charge is 2.55. The van der Waals surface area contributed by atoms with Gasteiger partial charge in [-0.1, -0.05) is 0 Å². The first-order valence-corrected chi connectivity index (χ1v) is 4.01. The molecule has 0 amide bonds. The monoisotopic (exact) mass is 140 g/mol. The largest absolute Gasteiger partial charge is 0.370 e. The second-order valence-electron chi connectivity index (χ2n) is 3.56. The Hall–Kier alpha value is -0.120. The van der Waals surface area contributed by atoms with E-state index < -0.39 is 0 Å². The summed E-state index contributed by atoms with van der Waals surface area (Å²) in [4.78, 5) is 2.48. The standard InChI is InChI=1S/C7H12N2O/c8-6-5-3-9-2-1-4(10-5)7(6)9/h4-7H,1-3,8H2/t4?,5-,6+,7-/m1/s1. The van der Waals surface area contributed by atoms with Gasteiger partial charge < -0.3 is 10.5 Å². The van der Waals surface area contributed by atoms with Crippen LogP contribution in [0.15, 0.2) is 0 Å². The number of morpholine rings is 1. The van der Waals surface area contributed by atoms with Crippen molar-refractivity contribution in [3.63, 3.8) is 0 Å². The molecule has 1 unspecified atom stereocenters. The number of fused-ring (bicyclic) bond motifs is 1. The predicted molar refractivity (Wildman–Crippen MR) is 36.6 cm³/mol. The lowest BCUT2D eigenvalue weighted by Gasteiger charge is -2.21. The van der Waals surface area contributed by atoms with Crippen LogP contribution in [-0.2, 0) is 4.74 Å². The van der Waals surface area contributed by atoms with Gasteiger partial charge in [0, 0.05) is 13.1 Å². The summed E-state index contributed by atoms with van der Waals surface area (Å²) in [6, 6.07) is 0.887. The van der Waals surface area contributed by atoms with Crippen molar-refractivity contribution in [3.8, 4) is 0 Å². The van der Waals surface area contributed by atoms with Crippen LogP contribution in [0.4, 0.5) is 0 Å². The minimum absolute atomic E-state index is 0.312. The van der Waals surface area contributed by atoms with Crippen LogP contribution in [0.5, 0.6) is 0 Å². The summed E-state index contributed by atoms with van der Waals surface area (Å²) in [5.41, 5.74) is 5.94. The molecule has 2 N–H and O–H groups in total. The van der Waals surface area contributed by atoms with Crippen molar-refractivity contribution in [1.82, 2.24) is 4.90 Å². The third-order valence-electron chi connectivity index (χ3n) is 3.09. The van der Waals surface area contributed by atoms with Crippen molar-refractivity contribution >= 4 is 0 Å². The van der Waals surface area contributed by atoms with Gasteiger partial charge in [-0.2, -0.15) is 0 Å². The van der Waals surface area contributed by atoms with E-state index >= 15 is 0 Å². The topological polar surface area (TPSA) is 38.5 Å². The molecule has 3 nitrogen and oxygen atoms in total. The highest BCUT2D eigenvalue weighted by atomic mass is 16.5. The zero-order chi connectivity index (χ0) is 6.72. The molecule has 0 radical (unpaired) electrons. The Bertz CT molecular complexity index is 156. The van der Waals surface area contributed by atoms with E-state index in [1.165, 1.54) is 13.0 Å². The maximum absolute atomic E-state index is 5.94. The first-order valence-electron chi connectivity index (χ1n) is 4.01. The first-order chi connectivity index (χ1) is 4.86. The van der Waals surface area contributed by atoms with E-state index in [9.17, 15) is 0 Å². The minimum Gasteiger partial charge on any atom is -0.370 e. The van der Waals surface area contributed by atoms with Gasteiger partial charge in [-0.05, 0) is 6.42 Å². The Morgan fingerprint density at radius 1 is 1.40 bits per heavy atom. The van der Waals surface area contributed by atoms with Crippen LogP contribution >= 0.6 is 0 Å². The van der Waals surface area contributed by atoms with Crippen molar-refractivity contribution < 1.29 is 4.74 Å². The maximum Gasteiger partial charge on any atom is 0.0873 e. The lowest BCUT2D eigenvalue weighted by molar-refractivity contribution is 0.00885. The Balaban J connectivity index is 2.01. The molecule has 0 spiro atoms. The molecule has 0 aromatic heterocycles. The van der Waals surface area contributed by atoms with E-state index in [1.54, 1.807) is 0 Å². The molecule has 3 aliphatic rings. The van der Waals surface area contributed by atoms with E-state index in [-0.39, 0.29) is 0 Å². The molecule has 3 heterocycles. The second-order valence-corrected chi connectivity index (χ2v) is 3.56. The predicted octanol–water partition coefficient (Wildman–Crippen LogP) is -0.831. The maximum atomic E-state index is 5.94. The normalized spacial score (nSPS) is 58.5. The molecule has 3 saturated heterocycles. The quantitative estimate of drug-likeness (QED) is 0.477. The van der Waals surface area contributed by atoms with Crippen molar-refractivity contribution in [2.24, 2.45) is 5.73 Å². The zero-order valence-corrected chi connectivity index (χ0v) is 5.86. The van der Waals surface area contributed by atoms with E-state index in [0.717, 1.165) is 6.54 Å². The van der Waals surface area contributed by atoms with Gasteiger partial charge in [0.25, 0.3) is 0 Å². The number of rotatable bonds is 0. The molecular formula is C7H12N2O. The van der Waals surface area contributed by atoms with Crippen LogP contribution in [0.25, 0.3) is 0 Å². The van der Waals surface area contributed by atoms with Gasteiger partial charge in [0.1, 0.15) is 0 Å². The van der Waals surface area contributed by atoms with Gasteiger partial charge in [0.15, 0.2) is 0 Å². The van der Waals surface area contributed by atoms with Crippen LogP contribution in [0.3, 0.4) is 0 Å². The van der Waals surface area contributed by atoms with Crippen LogP contribution < -0.4 is 5.73 Å². The van der Waals surface area contributed by atoms with Gasteiger partial charge in [-0.3, -0.25) is 4.90 Å². The fourth-order valence-electron chi connectivity index (χ4n) is 2.63. The highest BCUT2D eigenvalue weighted by Crippen LogP contribution is 2.38. The fraction of sp³-hybridized carbons (Fsp3) is 1.00.